The van der Waals surface area contributed by atoms with Crippen molar-refractivity contribution in [1.82, 2.24) is 14.8 Å². The van der Waals surface area contributed by atoms with Gasteiger partial charge in [-0.3, -0.25) is 0 Å². The molecule has 0 saturated heterocycles. The lowest BCUT2D eigenvalue weighted by Crippen LogP contribution is -2.00. The average Bonchev–Trinajstić information content (AvgIpc) is 2.57. The van der Waals surface area contributed by atoms with Gasteiger partial charge < -0.3 is 0 Å². The number of hydrogen-bond acceptors (Lipinski definition) is 2. The Balaban J connectivity index is 2.64. The summed E-state index contributed by atoms with van der Waals surface area (Å²) in [6.45, 7) is 3.71. The fourth-order valence-electron chi connectivity index (χ4n) is 1.14. The van der Waals surface area contributed by atoms with Crippen molar-refractivity contribution in [2.75, 3.05) is 0 Å². The third-order valence-electron chi connectivity index (χ3n) is 1.72. The molecule has 0 bridgehead atoms. The van der Waals surface area contributed by atoms with E-state index < -0.39 is 0 Å². The predicted molar refractivity (Wildman–Crippen MR) is 45.8 cm³/mol. The lowest BCUT2D eigenvalue weighted by Gasteiger charge is -2.04. The topological polar surface area (TPSA) is 30.7 Å². The molecule has 4 heteroatoms. The third-order valence-corrected chi connectivity index (χ3v) is 1.72. The van der Waals surface area contributed by atoms with Crippen LogP contribution in [0.3, 0.4) is 0 Å². The van der Waals surface area contributed by atoms with Crippen LogP contribution in [0.2, 0.25) is 0 Å². The maximum Gasteiger partial charge on any atom is 0.149 e. The van der Waals surface area contributed by atoms with E-state index in [1.807, 2.05) is 0 Å². The van der Waals surface area contributed by atoms with Gasteiger partial charge in [0.2, 0.25) is 0 Å². The Morgan fingerprint density at radius 2 is 2.23 bits per heavy atom. The molecule has 0 aliphatic carbocycles. The minimum Gasteiger partial charge on any atom is -0.223 e. The van der Waals surface area contributed by atoms with Crippen molar-refractivity contribution in [3.05, 3.63) is 49.2 Å². The number of halogens is 1. The maximum atomic E-state index is 13.3. The van der Waals surface area contributed by atoms with Crippen LogP contribution in [-0.4, -0.2) is 14.8 Å². The van der Waals surface area contributed by atoms with Gasteiger partial charge in [-0.2, -0.15) is 5.10 Å². The van der Waals surface area contributed by atoms with Crippen LogP contribution < -0.4 is 0 Å². The molecule has 0 amide bonds. The Bertz CT molecular complexity index is 389. The predicted octanol–water partition coefficient (Wildman–Crippen LogP) is 1.59. The molecule has 2 rings (SSSR count). The van der Waals surface area contributed by atoms with Gasteiger partial charge in [-0.1, -0.05) is 12.1 Å². The van der Waals surface area contributed by atoms with Crippen LogP contribution in [0.25, 0.3) is 5.69 Å². The quantitative estimate of drug-likeness (QED) is 0.660. The van der Waals surface area contributed by atoms with E-state index in [-0.39, 0.29) is 5.82 Å². The molecule has 65 valence electrons. The molecule has 13 heavy (non-hydrogen) atoms. The molecule has 1 aromatic heterocycles. The number of benzene rings is 1. The molecule has 0 spiro atoms. The van der Waals surface area contributed by atoms with Gasteiger partial charge in [-0.15, -0.1) is 0 Å². The Morgan fingerprint density at radius 3 is 2.85 bits per heavy atom. The van der Waals surface area contributed by atoms with E-state index >= 15 is 0 Å². The number of nitrogens with zero attached hydrogens (tertiary/aromatic N) is 3. The fraction of sp³-hybridized carbons (Fsp3) is 0. The molecule has 0 aliphatic heterocycles. The molecule has 1 aromatic carbocycles. The normalized spacial score (nSPS) is 10.3. The van der Waals surface area contributed by atoms with Gasteiger partial charge in [0.1, 0.15) is 24.2 Å². The van der Waals surface area contributed by atoms with Crippen molar-refractivity contribution < 1.29 is 4.39 Å². The second kappa shape index (κ2) is 2.97. The second-order valence-electron chi connectivity index (χ2n) is 2.59. The number of aromatic nitrogens is 3. The lowest BCUT2D eigenvalue weighted by atomic mass is 10.2. The van der Waals surface area contributed by atoms with Gasteiger partial charge in [0.15, 0.2) is 0 Å². The second-order valence-corrected chi connectivity index (χ2v) is 2.59. The Morgan fingerprint density at radius 1 is 1.38 bits per heavy atom. The Labute approximate surface area is 74.8 Å². The van der Waals surface area contributed by atoms with Crippen molar-refractivity contribution in [2.45, 2.75) is 0 Å². The number of hydrogen-bond donors (Lipinski definition) is 0. The van der Waals surface area contributed by atoms with E-state index in [4.69, 9.17) is 0 Å². The van der Waals surface area contributed by atoms with Crippen molar-refractivity contribution >= 4 is 0 Å². The summed E-state index contributed by atoms with van der Waals surface area (Å²) < 4.78 is 14.6. The number of para-hydroxylation sites is 1. The van der Waals surface area contributed by atoms with E-state index in [1.165, 1.54) is 23.4 Å². The van der Waals surface area contributed by atoms with E-state index in [1.54, 1.807) is 12.1 Å². The molecule has 0 fully saturated rings. The highest BCUT2D eigenvalue weighted by Gasteiger charge is 2.06. The first-order chi connectivity index (χ1) is 6.29. The summed E-state index contributed by atoms with van der Waals surface area (Å²) in [4.78, 5) is 3.74. The minimum atomic E-state index is -0.349. The maximum absolute atomic E-state index is 13.3. The molecule has 0 aliphatic rings. The largest absolute Gasteiger partial charge is 0.223 e. The zero-order chi connectivity index (χ0) is 9.26. The van der Waals surface area contributed by atoms with E-state index in [0.29, 0.717) is 11.3 Å². The van der Waals surface area contributed by atoms with Crippen LogP contribution >= 0.6 is 0 Å². The van der Waals surface area contributed by atoms with Crippen LogP contribution in [0, 0.1) is 12.7 Å². The third kappa shape index (κ3) is 1.30. The highest BCUT2D eigenvalue weighted by atomic mass is 19.1. The minimum absolute atomic E-state index is 0.347. The van der Waals surface area contributed by atoms with Gasteiger partial charge in [0, 0.05) is 0 Å². The highest BCUT2D eigenvalue weighted by Crippen LogP contribution is 2.15. The smallest absolute Gasteiger partial charge is 0.149 e. The van der Waals surface area contributed by atoms with Crippen LogP contribution in [0.1, 0.15) is 5.56 Å². The molecule has 0 unspecified atom stereocenters. The summed E-state index contributed by atoms with van der Waals surface area (Å²) in [5.41, 5.74) is 0.936. The molecule has 1 heterocycles. The van der Waals surface area contributed by atoms with Crippen LogP contribution in [-0.2, 0) is 0 Å². The van der Waals surface area contributed by atoms with Gasteiger partial charge in [0.05, 0.1) is 0 Å². The monoisotopic (exact) mass is 176 g/mol. The SMILES string of the molecule is [CH2]c1cccc(F)c1-n1cncn1. The summed E-state index contributed by atoms with van der Waals surface area (Å²) >= 11 is 0. The van der Waals surface area contributed by atoms with E-state index in [2.05, 4.69) is 17.0 Å². The van der Waals surface area contributed by atoms with Crippen LogP contribution in [0.15, 0.2) is 30.9 Å². The Kier molecular flexibility index (Phi) is 1.81. The molecule has 0 atom stereocenters. The van der Waals surface area contributed by atoms with Crippen LogP contribution in [0.4, 0.5) is 4.39 Å². The summed E-state index contributed by atoms with van der Waals surface area (Å²) in [6.07, 6.45) is 2.79. The molecule has 0 N–H and O–H groups in total. The summed E-state index contributed by atoms with van der Waals surface area (Å²) in [5.74, 6) is -0.349. The molecule has 2 aromatic rings. The van der Waals surface area contributed by atoms with Gasteiger partial charge >= 0.3 is 0 Å². The van der Waals surface area contributed by atoms with Crippen molar-refractivity contribution in [3.63, 3.8) is 0 Å². The lowest BCUT2D eigenvalue weighted by molar-refractivity contribution is 0.609. The highest BCUT2D eigenvalue weighted by molar-refractivity contribution is 5.42. The molecule has 1 radical (unpaired) electrons. The summed E-state index contributed by atoms with van der Waals surface area (Å²) in [7, 11) is 0. The van der Waals surface area contributed by atoms with Gasteiger partial charge in [-0.05, 0) is 18.6 Å². The first kappa shape index (κ1) is 7.91. The van der Waals surface area contributed by atoms with Gasteiger partial charge in [0.25, 0.3) is 0 Å². The first-order valence-electron chi connectivity index (χ1n) is 3.74. The van der Waals surface area contributed by atoms with Crippen molar-refractivity contribution in [1.29, 1.82) is 0 Å². The zero-order valence-corrected chi connectivity index (χ0v) is 6.81. The molecule has 0 saturated carbocycles. The summed E-state index contributed by atoms with van der Waals surface area (Å²) in [6, 6.07) is 4.70. The molecule has 3 nitrogen and oxygen atoms in total. The first-order valence-corrected chi connectivity index (χ1v) is 3.74. The summed E-state index contributed by atoms with van der Waals surface area (Å²) in [5, 5.41) is 3.83. The van der Waals surface area contributed by atoms with E-state index in [0.717, 1.165) is 0 Å². The number of rotatable bonds is 1. The molecular weight excluding hydrogens is 169 g/mol. The fourth-order valence-corrected chi connectivity index (χ4v) is 1.14. The average molecular weight is 176 g/mol. The van der Waals surface area contributed by atoms with Crippen molar-refractivity contribution in [3.8, 4) is 5.69 Å². The Hall–Kier alpha value is -1.71. The van der Waals surface area contributed by atoms with Gasteiger partial charge in [-0.25, -0.2) is 14.1 Å². The standard InChI is InChI=1S/C9H7FN3/c1-7-3-2-4-8(10)9(7)13-6-11-5-12-13/h2-6H,1H2. The van der Waals surface area contributed by atoms with Crippen LogP contribution in [0.5, 0.6) is 0 Å². The molecular formula is C9H7FN3. The zero-order valence-electron chi connectivity index (χ0n) is 6.81. The van der Waals surface area contributed by atoms with Crippen molar-refractivity contribution in [2.24, 2.45) is 0 Å². The van der Waals surface area contributed by atoms with E-state index in [9.17, 15) is 4.39 Å².